The highest BCUT2D eigenvalue weighted by atomic mass is 16.3. The average Bonchev–Trinajstić information content (AvgIpc) is 2.54. The Morgan fingerprint density at radius 3 is 2.19 bits per heavy atom. The molecular weight excluding hydrogens is 334 g/mol. The van der Waals surface area contributed by atoms with Crippen LogP contribution in [0.3, 0.4) is 0 Å². The van der Waals surface area contributed by atoms with E-state index in [1.807, 2.05) is 13.0 Å². The number of nitrogens with one attached hydrogen (secondary N) is 1. The number of hydrogen-bond acceptors (Lipinski definition) is 2. The molecular formula is C24H39NO2. The molecule has 1 saturated carbocycles. The lowest BCUT2D eigenvalue weighted by Crippen LogP contribution is -2.39. The highest BCUT2D eigenvalue weighted by Gasteiger charge is 2.30. The quantitative estimate of drug-likeness (QED) is 0.716. The largest absolute Gasteiger partial charge is 0.507 e. The maximum Gasteiger partial charge on any atom is 0.220 e. The zero-order valence-corrected chi connectivity index (χ0v) is 18.4. The molecule has 1 aliphatic rings. The van der Waals surface area contributed by atoms with Gasteiger partial charge in [-0.2, -0.15) is 0 Å². The van der Waals surface area contributed by atoms with Crippen molar-refractivity contribution in [1.82, 2.24) is 5.32 Å². The molecule has 0 bridgehead atoms. The number of carbonyl (C=O) groups excluding carboxylic acids is 1. The molecule has 152 valence electrons. The van der Waals surface area contributed by atoms with Crippen LogP contribution in [0.5, 0.6) is 5.75 Å². The number of phenolic OH excluding ortho intramolecular Hbond substituents is 1. The van der Waals surface area contributed by atoms with Gasteiger partial charge in [-0.15, -0.1) is 0 Å². The first kappa shape index (κ1) is 21.8. The summed E-state index contributed by atoms with van der Waals surface area (Å²) in [5.74, 6) is 1.30. The third-order valence-electron chi connectivity index (χ3n) is 6.13. The Labute approximate surface area is 166 Å². The van der Waals surface area contributed by atoms with Gasteiger partial charge in [0, 0.05) is 12.5 Å². The van der Waals surface area contributed by atoms with Crippen LogP contribution in [-0.2, 0) is 16.6 Å². The van der Waals surface area contributed by atoms with E-state index in [0.717, 1.165) is 35.4 Å². The van der Waals surface area contributed by atoms with Crippen LogP contribution < -0.4 is 5.32 Å². The standard InChI is InChI=1S/C24H39NO2/c1-16-14-17(15-20(22(16)27)24(5,6)7)8-13-21(26)25-19-11-9-18(10-12-19)23(2,3)4/h14-15,18-19,27H,8-13H2,1-7H3,(H,25,26). The Kier molecular flexibility index (Phi) is 6.65. The van der Waals surface area contributed by atoms with Gasteiger partial charge in [0.05, 0.1) is 0 Å². The summed E-state index contributed by atoms with van der Waals surface area (Å²) in [6, 6.07) is 4.40. The van der Waals surface area contributed by atoms with Crippen molar-refractivity contribution in [2.75, 3.05) is 0 Å². The van der Waals surface area contributed by atoms with Gasteiger partial charge < -0.3 is 10.4 Å². The topological polar surface area (TPSA) is 49.3 Å². The van der Waals surface area contributed by atoms with Crippen LogP contribution in [0.25, 0.3) is 0 Å². The predicted octanol–water partition coefficient (Wildman–Crippen LogP) is 5.65. The van der Waals surface area contributed by atoms with Crippen molar-refractivity contribution in [3.63, 3.8) is 0 Å². The Morgan fingerprint density at radius 2 is 1.67 bits per heavy atom. The van der Waals surface area contributed by atoms with Crippen molar-refractivity contribution in [3.8, 4) is 5.75 Å². The summed E-state index contributed by atoms with van der Waals surface area (Å²) in [5.41, 5.74) is 3.23. The highest BCUT2D eigenvalue weighted by molar-refractivity contribution is 5.76. The molecule has 3 nitrogen and oxygen atoms in total. The van der Waals surface area contributed by atoms with Crippen LogP contribution in [0.4, 0.5) is 0 Å². The van der Waals surface area contributed by atoms with E-state index in [2.05, 4.69) is 52.9 Å². The second-order valence-electron chi connectivity index (χ2n) is 10.5. The van der Waals surface area contributed by atoms with Crippen molar-refractivity contribution < 1.29 is 9.90 Å². The van der Waals surface area contributed by atoms with Crippen LogP contribution in [-0.4, -0.2) is 17.1 Å². The SMILES string of the molecule is Cc1cc(CCC(=O)NC2CCC(C(C)(C)C)CC2)cc(C(C)(C)C)c1O. The van der Waals surface area contributed by atoms with Crippen LogP contribution >= 0.6 is 0 Å². The van der Waals surface area contributed by atoms with Crippen LogP contribution in [0, 0.1) is 18.3 Å². The van der Waals surface area contributed by atoms with Crippen LogP contribution in [0.1, 0.15) is 90.3 Å². The maximum atomic E-state index is 12.4. The van der Waals surface area contributed by atoms with Gasteiger partial charge >= 0.3 is 0 Å². The molecule has 0 aromatic heterocycles. The molecule has 0 heterocycles. The number of aryl methyl sites for hydroxylation is 2. The van der Waals surface area contributed by atoms with Gasteiger partial charge in [-0.3, -0.25) is 4.79 Å². The maximum absolute atomic E-state index is 12.4. The van der Waals surface area contributed by atoms with Gasteiger partial charge in [-0.1, -0.05) is 53.7 Å². The van der Waals surface area contributed by atoms with E-state index >= 15 is 0 Å². The number of amides is 1. The summed E-state index contributed by atoms with van der Waals surface area (Å²) in [7, 11) is 0. The van der Waals surface area contributed by atoms with E-state index < -0.39 is 0 Å². The molecule has 3 heteroatoms. The first-order valence-electron chi connectivity index (χ1n) is 10.5. The minimum absolute atomic E-state index is 0.112. The van der Waals surface area contributed by atoms with Crippen molar-refractivity contribution >= 4 is 5.91 Å². The predicted molar refractivity (Wildman–Crippen MR) is 113 cm³/mol. The molecule has 1 aromatic carbocycles. The molecule has 1 amide bonds. The number of benzene rings is 1. The molecule has 2 rings (SSSR count). The van der Waals surface area contributed by atoms with E-state index in [-0.39, 0.29) is 11.3 Å². The lowest BCUT2D eigenvalue weighted by molar-refractivity contribution is -0.122. The molecule has 0 saturated heterocycles. The zero-order chi connectivity index (χ0) is 20.4. The van der Waals surface area contributed by atoms with E-state index in [1.54, 1.807) is 0 Å². The van der Waals surface area contributed by atoms with Crippen molar-refractivity contribution in [2.45, 2.75) is 98.4 Å². The molecule has 0 atom stereocenters. The number of rotatable bonds is 4. The second-order valence-corrected chi connectivity index (χ2v) is 10.5. The van der Waals surface area contributed by atoms with Crippen LogP contribution in [0.15, 0.2) is 12.1 Å². The van der Waals surface area contributed by atoms with Gasteiger partial charge in [-0.05, 0) is 72.5 Å². The average molecular weight is 374 g/mol. The number of phenols is 1. The Hall–Kier alpha value is -1.51. The lowest BCUT2D eigenvalue weighted by Gasteiger charge is -2.37. The van der Waals surface area contributed by atoms with E-state index in [1.165, 1.54) is 12.8 Å². The first-order chi connectivity index (χ1) is 12.4. The highest BCUT2D eigenvalue weighted by Crippen LogP contribution is 2.38. The molecule has 1 fully saturated rings. The Balaban J connectivity index is 1.89. The minimum atomic E-state index is -0.112. The van der Waals surface area contributed by atoms with Gasteiger partial charge in [0.2, 0.25) is 5.91 Å². The van der Waals surface area contributed by atoms with E-state index in [4.69, 9.17) is 0 Å². The number of hydrogen-bond donors (Lipinski definition) is 2. The van der Waals surface area contributed by atoms with E-state index in [9.17, 15) is 9.90 Å². The third kappa shape index (κ3) is 5.99. The fourth-order valence-corrected chi connectivity index (χ4v) is 4.23. The van der Waals surface area contributed by atoms with Gasteiger partial charge in [0.1, 0.15) is 5.75 Å². The summed E-state index contributed by atoms with van der Waals surface area (Å²) in [6.07, 6.45) is 5.84. The second kappa shape index (κ2) is 8.24. The third-order valence-corrected chi connectivity index (χ3v) is 6.13. The number of aromatic hydroxyl groups is 1. The summed E-state index contributed by atoms with van der Waals surface area (Å²) < 4.78 is 0. The van der Waals surface area contributed by atoms with E-state index in [0.29, 0.717) is 30.0 Å². The fourth-order valence-electron chi connectivity index (χ4n) is 4.23. The molecule has 0 radical (unpaired) electrons. The number of carbonyl (C=O) groups is 1. The lowest BCUT2D eigenvalue weighted by atomic mass is 9.71. The van der Waals surface area contributed by atoms with Crippen LogP contribution in [0.2, 0.25) is 0 Å². The molecule has 0 unspecified atom stereocenters. The molecule has 0 aliphatic heterocycles. The Morgan fingerprint density at radius 1 is 1.07 bits per heavy atom. The van der Waals surface area contributed by atoms with Crippen molar-refractivity contribution in [3.05, 3.63) is 28.8 Å². The molecule has 2 N–H and O–H groups in total. The summed E-state index contributed by atoms with van der Waals surface area (Å²) >= 11 is 0. The van der Waals surface area contributed by atoms with Gasteiger partial charge in [0.15, 0.2) is 0 Å². The molecule has 27 heavy (non-hydrogen) atoms. The Bertz CT molecular complexity index is 656. The molecule has 1 aliphatic carbocycles. The summed E-state index contributed by atoms with van der Waals surface area (Å²) in [5, 5.41) is 13.6. The fraction of sp³-hybridized carbons (Fsp3) is 0.708. The van der Waals surface area contributed by atoms with Crippen molar-refractivity contribution in [1.29, 1.82) is 0 Å². The van der Waals surface area contributed by atoms with Crippen molar-refractivity contribution in [2.24, 2.45) is 11.3 Å². The summed E-state index contributed by atoms with van der Waals surface area (Å²) in [4.78, 5) is 12.4. The van der Waals surface area contributed by atoms with Gasteiger partial charge in [0.25, 0.3) is 0 Å². The minimum Gasteiger partial charge on any atom is -0.507 e. The first-order valence-corrected chi connectivity index (χ1v) is 10.5. The van der Waals surface area contributed by atoms with Gasteiger partial charge in [-0.25, -0.2) is 0 Å². The monoisotopic (exact) mass is 373 g/mol. The zero-order valence-electron chi connectivity index (χ0n) is 18.4. The molecule has 1 aromatic rings. The summed E-state index contributed by atoms with van der Waals surface area (Å²) in [6.45, 7) is 15.2. The molecule has 0 spiro atoms. The normalized spacial score (nSPS) is 21.1. The smallest absolute Gasteiger partial charge is 0.220 e.